The van der Waals surface area contributed by atoms with E-state index < -0.39 is 0 Å². The predicted molar refractivity (Wildman–Crippen MR) is 36.9 cm³/mol. The Morgan fingerprint density at radius 1 is 1.33 bits per heavy atom. The second-order valence-corrected chi connectivity index (χ2v) is 2.87. The minimum Gasteiger partial charge on any atom is -0.266 e. The van der Waals surface area contributed by atoms with Crippen LogP contribution in [0.2, 0.25) is 0 Å². The highest BCUT2D eigenvalue weighted by molar-refractivity contribution is 5.76. The third-order valence-corrected chi connectivity index (χ3v) is 2.22. The Morgan fingerprint density at radius 2 is 2.00 bits per heavy atom. The van der Waals surface area contributed by atoms with Crippen molar-refractivity contribution in [2.75, 3.05) is 26.2 Å². The van der Waals surface area contributed by atoms with Gasteiger partial charge in [-0.2, -0.15) is 0 Å². The zero-order valence-corrected chi connectivity index (χ0v) is 5.93. The molecular formula is C7H13N2+. The summed E-state index contributed by atoms with van der Waals surface area (Å²) in [7, 11) is 0. The van der Waals surface area contributed by atoms with Gasteiger partial charge in [0.15, 0.2) is 0 Å². The van der Waals surface area contributed by atoms with Crippen LogP contribution in [0.3, 0.4) is 0 Å². The van der Waals surface area contributed by atoms with E-state index in [2.05, 4.69) is 16.4 Å². The van der Waals surface area contributed by atoms with E-state index in [0.717, 1.165) is 0 Å². The van der Waals surface area contributed by atoms with Crippen LogP contribution in [0.25, 0.3) is 0 Å². The zero-order valence-electron chi connectivity index (χ0n) is 5.93. The maximum atomic E-state index is 2.45. The molecule has 2 nitrogen and oxygen atoms in total. The van der Waals surface area contributed by atoms with Gasteiger partial charge >= 0.3 is 0 Å². The first-order chi connectivity index (χ1) is 4.38. The van der Waals surface area contributed by atoms with Crippen LogP contribution in [0, 0.1) is 0 Å². The molecule has 0 saturated carbocycles. The largest absolute Gasteiger partial charge is 0.266 e. The molecule has 0 spiro atoms. The number of hydrogen-bond acceptors (Lipinski definition) is 0. The van der Waals surface area contributed by atoms with Crippen LogP contribution in [-0.4, -0.2) is 41.5 Å². The van der Waals surface area contributed by atoms with E-state index in [9.17, 15) is 0 Å². The van der Waals surface area contributed by atoms with Crippen molar-refractivity contribution in [1.29, 1.82) is 0 Å². The number of amidine groups is 1. The number of rotatable bonds is 0. The molecule has 2 heteroatoms. The molecule has 0 aromatic heterocycles. The maximum absolute atomic E-state index is 2.45. The predicted octanol–water partition coefficient (Wildman–Crippen LogP) is 0.137. The maximum Gasteiger partial charge on any atom is 0.243 e. The van der Waals surface area contributed by atoms with E-state index in [-0.39, 0.29) is 0 Å². The lowest BCUT2D eigenvalue weighted by Gasteiger charge is -2.17. The van der Waals surface area contributed by atoms with Crippen molar-refractivity contribution in [1.82, 2.24) is 4.90 Å². The van der Waals surface area contributed by atoms with Gasteiger partial charge in [-0.05, 0) is 0 Å². The van der Waals surface area contributed by atoms with E-state index in [4.69, 9.17) is 0 Å². The molecule has 0 aromatic rings. The van der Waals surface area contributed by atoms with Crippen LogP contribution in [-0.2, 0) is 0 Å². The molecule has 2 fully saturated rings. The summed E-state index contributed by atoms with van der Waals surface area (Å²) in [6.07, 6.45) is 1.39. The third kappa shape index (κ3) is 0.824. The second kappa shape index (κ2) is 1.72. The number of nitrogens with zero attached hydrogens (tertiary/aromatic N) is 2. The van der Waals surface area contributed by atoms with Crippen LogP contribution >= 0.6 is 0 Å². The summed E-state index contributed by atoms with van der Waals surface area (Å²) in [6.45, 7) is 7.40. The fraction of sp³-hybridized carbons (Fsp3) is 0.857. The quantitative estimate of drug-likeness (QED) is 0.253. The van der Waals surface area contributed by atoms with Crippen LogP contribution < -0.4 is 0 Å². The molecule has 0 atom stereocenters. The van der Waals surface area contributed by atoms with Gasteiger partial charge in [0.2, 0.25) is 5.84 Å². The van der Waals surface area contributed by atoms with Gasteiger partial charge in [0.1, 0.15) is 13.1 Å². The molecule has 0 aliphatic carbocycles. The molecule has 0 radical (unpaired) electrons. The minimum absolute atomic E-state index is 1.29. The normalized spacial score (nSPS) is 23.7. The highest BCUT2D eigenvalue weighted by Crippen LogP contribution is 2.08. The van der Waals surface area contributed by atoms with Gasteiger partial charge < -0.3 is 0 Å². The highest BCUT2D eigenvalue weighted by Gasteiger charge is 2.31. The number of hydrogen-bond donors (Lipinski definition) is 0. The highest BCUT2D eigenvalue weighted by atomic mass is 15.3. The van der Waals surface area contributed by atoms with Crippen molar-refractivity contribution in [2.45, 2.75) is 13.3 Å². The van der Waals surface area contributed by atoms with Gasteiger partial charge in [-0.3, -0.25) is 9.48 Å². The first-order valence-electron chi connectivity index (χ1n) is 3.71. The van der Waals surface area contributed by atoms with Crippen molar-refractivity contribution in [2.24, 2.45) is 0 Å². The van der Waals surface area contributed by atoms with Crippen molar-refractivity contribution in [3.05, 3.63) is 0 Å². The van der Waals surface area contributed by atoms with Crippen LogP contribution in [0.1, 0.15) is 13.3 Å². The minimum atomic E-state index is 1.29. The molecule has 2 aliphatic heterocycles. The summed E-state index contributed by atoms with van der Waals surface area (Å²) < 4.78 is 2.45. The van der Waals surface area contributed by atoms with Crippen molar-refractivity contribution in [3.63, 3.8) is 0 Å². The van der Waals surface area contributed by atoms with Gasteiger partial charge in [0.25, 0.3) is 0 Å². The standard InChI is InChI=1S/C7H13N2/c1-7(9-5-6-9)8-3-2-4-8/h2-6H2,1H3/q+1. The zero-order chi connectivity index (χ0) is 6.27. The van der Waals surface area contributed by atoms with Crippen LogP contribution in [0.5, 0.6) is 0 Å². The third-order valence-electron chi connectivity index (χ3n) is 2.22. The average Bonchev–Trinajstić information content (AvgIpc) is 2.37. The summed E-state index contributed by atoms with van der Waals surface area (Å²) >= 11 is 0. The SMILES string of the molecule is CC(N1CC1)=[N+]1CCC1. The van der Waals surface area contributed by atoms with Crippen molar-refractivity contribution < 1.29 is 4.58 Å². The fourth-order valence-corrected chi connectivity index (χ4v) is 1.21. The Bertz CT molecular complexity index is 150. The summed E-state index contributed by atoms with van der Waals surface area (Å²) in [5.74, 6) is 1.50. The molecule has 9 heavy (non-hydrogen) atoms. The topological polar surface area (TPSA) is 6.02 Å². The molecule has 2 saturated heterocycles. The summed E-state index contributed by atoms with van der Waals surface area (Å²) in [6, 6.07) is 0. The second-order valence-electron chi connectivity index (χ2n) is 2.87. The molecule has 0 amide bonds. The molecule has 0 aromatic carbocycles. The monoisotopic (exact) mass is 125 g/mol. The Hall–Kier alpha value is -0.530. The molecular weight excluding hydrogens is 112 g/mol. The Balaban J connectivity index is 2.06. The van der Waals surface area contributed by atoms with E-state index in [1.54, 1.807) is 0 Å². The van der Waals surface area contributed by atoms with Gasteiger partial charge in [-0.1, -0.05) is 0 Å². The van der Waals surface area contributed by atoms with Crippen LogP contribution in [0.15, 0.2) is 0 Å². The fourth-order valence-electron chi connectivity index (χ4n) is 1.21. The van der Waals surface area contributed by atoms with Gasteiger partial charge in [0, 0.05) is 13.3 Å². The Labute approximate surface area is 55.8 Å². The molecule has 50 valence electrons. The van der Waals surface area contributed by atoms with Crippen LogP contribution in [0.4, 0.5) is 0 Å². The van der Waals surface area contributed by atoms with Gasteiger partial charge in [0.05, 0.1) is 13.1 Å². The molecule has 2 heterocycles. The molecule has 0 unspecified atom stereocenters. The lowest BCUT2D eigenvalue weighted by molar-refractivity contribution is -0.587. The van der Waals surface area contributed by atoms with Gasteiger partial charge in [-0.15, -0.1) is 0 Å². The average molecular weight is 125 g/mol. The lowest BCUT2D eigenvalue weighted by Crippen LogP contribution is -2.35. The molecule has 2 aliphatic rings. The van der Waals surface area contributed by atoms with E-state index in [1.807, 2.05) is 0 Å². The summed E-state index contributed by atoms with van der Waals surface area (Å²) in [5.41, 5.74) is 0. The molecule has 2 rings (SSSR count). The van der Waals surface area contributed by atoms with E-state index in [1.165, 1.54) is 38.4 Å². The molecule has 0 N–H and O–H groups in total. The first-order valence-corrected chi connectivity index (χ1v) is 3.71. The Morgan fingerprint density at radius 3 is 2.33 bits per heavy atom. The van der Waals surface area contributed by atoms with E-state index >= 15 is 0 Å². The summed E-state index contributed by atoms with van der Waals surface area (Å²) in [4.78, 5) is 2.42. The smallest absolute Gasteiger partial charge is 0.243 e. The summed E-state index contributed by atoms with van der Waals surface area (Å²) in [5, 5.41) is 0. The van der Waals surface area contributed by atoms with E-state index in [0.29, 0.717) is 0 Å². The first kappa shape index (κ1) is 5.27. The lowest BCUT2D eigenvalue weighted by atomic mass is 10.2. The Kier molecular flexibility index (Phi) is 1.01. The van der Waals surface area contributed by atoms with Crippen molar-refractivity contribution in [3.8, 4) is 0 Å². The van der Waals surface area contributed by atoms with Crippen molar-refractivity contribution >= 4 is 5.84 Å². The van der Waals surface area contributed by atoms with Gasteiger partial charge in [-0.25, -0.2) is 0 Å². The molecule has 0 bridgehead atoms.